The predicted molar refractivity (Wildman–Crippen MR) is 197 cm³/mol. The van der Waals surface area contributed by atoms with Crippen molar-refractivity contribution in [3.05, 3.63) is 83.3 Å². The summed E-state index contributed by atoms with van der Waals surface area (Å²) in [6.45, 7) is 9.76. The molecule has 0 spiro atoms. The number of Topliss-reactive ketones (excluding diaryl/α,β-unsaturated/α-hetero) is 1. The normalized spacial score (nSPS) is 13.8. The summed E-state index contributed by atoms with van der Waals surface area (Å²) in [5.74, 6) is -6.64. The number of ketones is 1. The quantitative estimate of drug-likeness (QED) is 0.127. The molecule has 2 rings (SSSR count). The van der Waals surface area contributed by atoms with Crippen molar-refractivity contribution < 1.29 is 51.4 Å². The van der Waals surface area contributed by atoms with Gasteiger partial charge in [0.05, 0.1) is 49.7 Å². The minimum atomic E-state index is -3.66. The van der Waals surface area contributed by atoms with Crippen molar-refractivity contribution in [2.45, 2.75) is 91.2 Å². The molecule has 53 heavy (non-hydrogen) atoms. The van der Waals surface area contributed by atoms with Crippen LogP contribution in [-0.4, -0.2) is 68.4 Å². The van der Waals surface area contributed by atoms with Gasteiger partial charge in [0.2, 0.25) is 11.8 Å². The molecule has 0 aliphatic carbocycles. The van der Waals surface area contributed by atoms with Gasteiger partial charge in [0.25, 0.3) is 0 Å². The maximum Gasteiger partial charge on any atom is 0.308 e. The number of carbonyl (C=O) groups is 6. The second kappa shape index (κ2) is 22.3. The van der Waals surface area contributed by atoms with Gasteiger partial charge in [-0.25, -0.2) is 8.42 Å². The highest BCUT2D eigenvalue weighted by molar-refractivity contribution is 7.94. The van der Waals surface area contributed by atoms with Gasteiger partial charge in [0, 0.05) is 17.7 Å². The molecule has 2 N–H and O–H groups in total. The molecule has 0 aromatic heterocycles. The van der Waals surface area contributed by atoms with Crippen molar-refractivity contribution >= 4 is 45.3 Å². The van der Waals surface area contributed by atoms with Crippen LogP contribution in [0.15, 0.2) is 72.1 Å². The van der Waals surface area contributed by atoms with Crippen molar-refractivity contribution in [1.29, 1.82) is 0 Å². The Morgan fingerprint density at radius 2 is 1.21 bits per heavy atom. The van der Waals surface area contributed by atoms with E-state index in [4.69, 9.17) is 14.2 Å². The molecule has 0 aliphatic heterocycles. The lowest BCUT2D eigenvalue weighted by Crippen LogP contribution is -2.44. The molecule has 0 aliphatic rings. The summed E-state index contributed by atoms with van der Waals surface area (Å²) >= 11 is 0. The molecule has 0 unspecified atom stereocenters. The number of benzene rings is 2. The largest absolute Gasteiger partial charge is 0.466 e. The highest BCUT2D eigenvalue weighted by Gasteiger charge is 2.34. The molecule has 4 atom stereocenters. The Balaban J connectivity index is 2.34. The van der Waals surface area contributed by atoms with Crippen LogP contribution in [0.2, 0.25) is 0 Å². The summed E-state index contributed by atoms with van der Waals surface area (Å²) in [5.41, 5.74) is 1.13. The van der Waals surface area contributed by atoms with E-state index in [1.165, 1.54) is 19.9 Å². The number of amides is 2. The maximum absolute atomic E-state index is 14.1. The standard InChI is InChI=1S/C39H52N2O11S/c1-7-50-34(43)21-30(22-35(44)52-25-28-15-11-9-12-16-28)38(46)41-37(29-17-13-10-14-18-29)33(42)24-32(26(3)4)39(47)40-31(23-36(45)51-8-2)19-20-53(48,49)27(5)6/h9-20,26-27,30-32,37H,7-8,21-25H2,1-6H3,(H,40,47)(H,41,46)/b20-19+/t30-,31-,32+,37+/m1/s1. The summed E-state index contributed by atoms with van der Waals surface area (Å²) in [6.07, 6.45) is -0.405. The Hall–Kier alpha value is -4.85. The van der Waals surface area contributed by atoms with E-state index in [-0.39, 0.29) is 32.7 Å². The van der Waals surface area contributed by atoms with Crippen LogP contribution in [0.4, 0.5) is 0 Å². The first-order valence-corrected chi connectivity index (χ1v) is 19.3. The lowest BCUT2D eigenvalue weighted by Gasteiger charge is -2.26. The van der Waals surface area contributed by atoms with Crippen molar-refractivity contribution in [1.82, 2.24) is 10.6 Å². The minimum Gasteiger partial charge on any atom is -0.466 e. The zero-order valence-corrected chi connectivity index (χ0v) is 32.1. The molecule has 290 valence electrons. The molecule has 2 aromatic rings. The van der Waals surface area contributed by atoms with Crippen molar-refractivity contribution in [2.24, 2.45) is 17.8 Å². The van der Waals surface area contributed by atoms with E-state index in [1.807, 2.05) is 6.07 Å². The van der Waals surface area contributed by atoms with Gasteiger partial charge >= 0.3 is 17.9 Å². The van der Waals surface area contributed by atoms with E-state index in [9.17, 15) is 37.2 Å². The average Bonchev–Trinajstić information content (AvgIpc) is 3.11. The van der Waals surface area contributed by atoms with E-state index in [0.717, 1.165) is 11.0 Å². The smallest absolute Gasteiger partial charge is 0.308 e. The molecule has 0 fully saturated rings. The topological polar surface area (TPSA) is 188 Å². The van der Waals surface area contributed by atoms with Crippen LogP contribution in [0.25, 0.3) is 0 Å². The molecule has 0 bridgehead atoms. The maximum atomic E-state index is 14.1. The summed E-state index contributed by atoms with van der Waals surface area (Å²) in [7, 11) is -3.66. The Morgan fingerprint density at radius 1 is 0.679 bits per heavy atom. The molecular weight excluding hydrogens is 704 g/mol. The third-order valence-electron chi connectivity index (χ3n) is 8.23. The third-order valence-corrected chi connectivity index (χ3v) is 10.1. The SMILES string of the molecule is CCOC(=O)C[C@H](CC(=O)OCc1ccccc1)C(=O)N[C@H](C(=O)C[C@H](C(=O)N[C@H](/C=C/S(=O)(=O)C(C)C)CC(=O)OCC)C(C)C)c1ccccc1. The van der Waals surface area contributed by atoms with Gasteiger partial charge in [-0.05, 0) is 44.7 Å². The second-order valence-corrected chi connectivity index (χ2v) is 15.4. The second-order valence-electron chi connectivity index (χ2n) is 13.0. The predicted octanol–water partition coefficient (Wildman–Crippen LogP) is 4.55. The fourth-order valence-electron chi connectivity index (χ4n) is 5.12. The Morgan fingerprint density at radius 3 is 1.74 bits per heavy atom. The van der Waals surface area contributed by atoms with E-state index in [1.54, 1.807) is 82.3 Å². The van der Waals surface area contributed by atoms with Crippen molar-refractivity contribution in [2.75, 3.05) is 13.2 Å². The lowest BCUT2D eigenvalue weighted by atomic mass is 9.86. The van der Waals surface area contributed by atoms with Gasteiger partial charge in [-0.2, -0.15) is 0 Å². The van der Waals surface area contributed by atoms with Gasteiger partial charge in [0.15, 0.2) is 15.6 Å². The van der Waals surface area contributed by atoms with E-state index in [0.29, 0.717) is 5.56 Å². The lowest BCUT2D eigenvalue weighted by molar-refractivity contribution is -0.151. The number of esters is 3. The number of hydrogen-bond donors (Lipinski definition) is 2. The molecule has 0 heterocycles. The fraction of sp³-hybridized carbons (Fsp3) is 0.487. The van der Waals surface area contributed by atoms with Gasteiger partial charge in [-0.3, -0.25) is 28.8 Å². The monoisotopic (exact) mass is 756 g/mol. The van der Waals surface area contributed by atoms with Crippen molar-refractivity contribution in [3.8, 4) is 0 Å². The third kappa shape index (κ3) is 15.7. The molecule has 2 amide bonds. The zero-order valence-electron chi connectivity index (χ0n) is 31.2. The van der Waals surface area contributed by atoms with Crippen LogP contribution in [0.3, 0.4) is 0 Å². The van der Waals surface area contributed by atoms with E-state index >= 15 is 0 Å². The number of rotatable bonds is 22. The fourth-order valence-corrected chi connectivity index (χ4v) is 5.84. The van der Waals surface area contributed by atoms with Gasteiger partial charge < -0.3 is 24.8 Å². The first-order chi connectivity index (χ1) is 25.1. The molecule has 13 nitrogen and oxygen atoms in total. The minimum absolute atomic E-state index is 0.0405. The molecule has 0 saturated heterocycles. The number of carbonyl (C=O) groups excluding carboxylic acids is 6. The Bertz CT molecular complexity index is 1660. The Kier molecular flexibility index (Phi) is 18.6. The summed E-state index contributed by atoms with van der Waals surface area (Å²) in [5, 5.41) is 5.60. The highest BCUT2D eigenvalue weighted by atomic mass is 32.2. The average molecular weight is 757 g/mol. The molecular formula is C39H52N2O11S. The zero-order chi connectivity index (χ0) is 39.6. The Labute approximate surface area is 312 Å². The van der Waals surface area contributed by atoms with Crippen LogP contribution >= 0.6 is 0 Å². The molecule has 0 saturated carbocycles. The highest BCUT2D eigenvalue weighted by Crippen LogP contribution is 2.25. The summed E-state index contributed by atoms with van der Waals surface area (Å²) < 4.78 is 40.3. The summed E-state index contributed by atoms with van der Waals surface area (Å²) in [6, 6.07) is 14.9. The van der Waals surface area contributed by atoms with Gasteiger partial charge in [-0.15, -0.1) is 0 Å². The number of ether oxygens (including phenoxy) is 3. The van der Waals surface area contributed by atoms with Crippen molar-refractivity contribution in [3.63, 3.8) is 0 Å². The van der Waals surface area contributed by atoms with Crippen LogP contribution in [0, 0.1) is 17.8 Å². The molecule has 2 aromatic carbocycles. The van der Waals surface area contributed by atoms with Gasteiger partial charge in [-0.1, -0.05) is 80.6 Å². The van der Waals surface area contributed by atoms with Crippen LogP contribution in [-0.2, 0) is 59.4 Å². The van der Waals surface area contributed by atoms with E-state index in [2.05, 4.69) is 10.6 Å². The first kappa shape index (κ1) is 44.3. The van der Waals surface area contributed by atoms with Crippen LogP contribution in [0.1, 0.15) is 84.4 Å². The van der Waals surface area contributed by atoms with Crippen LogP contribution in [0.5, 0.6) is 0 Å². The first-order valence-electron chi connectivity index (χ1n) is 17.7. The number of hydrogen-bond acceptors (Lipinski definition) is 11. The summed E-state index contributed by atoms with van der Waals surface area (Å²) in [4.78, 5) is 79.2. The molecule has 14 heteroatoms. The van der Waals surface area contributed by atoms with E-state index < -0.39 is 93.3 Å². The molecule has 0 radical (unpaired) electrons. The van der Waals surface area contributed by atoms with Crippen LogP contribution < -0.4 is 10.6 Å². The van der Waals surface area contributed by atoms with Gasteiger partial charge in [0.1, 0.15) is 12.6 Å². The number of sulfone groups is 1. The number of nitrogens with one attached hydrogen (secondary N) is 2.